The van der Waals surface area contributed by atoms with Gasteiger partial charge < -0.3 is 15.0 Å². The number of hydrogen-bond acceptors (Lipinski definition) is 4. The second kappa shape index (κ2) is 8.87. The Hall–Kier alpha value is -1.20. The van der Waals surface area contributed by atoms with Crippen LogP contribution in [-0.4, -0.2) is 29.7 Å². The minimum Gasteiger partial charge on any atom is -0.381 e. The van der Waals surface area contributed by atoms with Crippen LogP contribution in [0.5, 0.6) is 0 Å². The van der Waals surface area contributed by atoms with Gasteiger partial charge in [0.15, 0.2) is 0 Å². The fraction of sp³-hybridized carbons (Fsp3) is 0.733. The summed E-state index contributed by atoms with van der Waals surface area (Å²) in [6.45, 7) is 10.3. The Balaban J connectivity index is 2.36. The van der Waals surface area contributed by atoms with Crippen molar-refractivity contribution in [2.24, 2.45) is 0 Å². The fourth-order valence-electron chi connectivity index (χ4n) is 2.19. The van der Waals surface area contributed by atoms with Gasteiger partial charge in [0.2, 0.25) is 0 Å². The van der Waals surface area contributed by atoms with Crippen LogP contribution in [0.4, 0.5) is 0 Å². The first kappa shape index (κ1) is 16.9. The third-order valence-corrected chi connectivity index (χ3v) is 3.26. The molecule has 1 rings (SSSR count). The van der Waals surface area contributed by atoms with E-state index in [9.17, 15) is 4.79 Å². The zero-order valence-electron chi connectivity index (χ0n) is 13.1. The zero-order chi connectivity index (χ0) is 15.0. The molecule has 1 heterocycles. The first-order chi connectivity index (χ1) is 9.56. The maximum atomic E-state index is 11.9. The third kappa shape index (κ3) is 5.43. The molecule has 5 nitrogen and oxygen atoms in total. The first-order valence-electron chi connectivity index (χ1n) is 7.44. The quantitative estimate of drug-likeness (QED) is 0.681. The lowest BCUT2D eigenvalue weighted by atomic mass is 10.1. The van der Waals surface area contributed by atoms with Gasteiger partial charge in [-0.2, -0.15) is 0 Å². The minimum atomic E-state index is -0.0470. The van der Waals surface area contributed by atoms with Crippen molar-refractivity contribution in [1.82, 2.24) is 15.3 Å². The van der Waals surface area contributed by atoms with Crippen molar-refractivity contribution in [3.05, 3.63) is 27.4 Å². The summed E-state index contributed by atoms with van der Waals surface area (Å²) in [4.78, 5) is 19.0. The number of aryl methyl sites for hydroxylation is 2. The van der Waals surface area contributed by atoms with E-state index in [4.69, 9.17) is 4.74 Å². The van der Waals surface area contributed by atoms with Crippen LogP contribution in [0.25, 0.3) is 0 Å². The molecule has 1 atom stereocenters. The summed E-state index contributed by atoms with van der Waals surface area (Å²) in [6.07, 6.45) is 3.23. The normalized spacial score (nSPS) is 12.6. The molecule has 0 saturated carbocycles. The molecule has 0 amide bonds. The standard InChI is InChI=1S/C15H27N3O2/c1-5-6-9-20-10-7-8-16-11(2)14-12(3)17-13(4)18-15(14)19/h11,16H,5-10H2,1-4H3,(H,17,18,19). The van der Waals surface area contributed by atoms with Gasteiger partial charge in [-0.15, -0.1) is 0 Å². The van der Waals surface area contributed by atoms with E-state index in [-0.39, 0.29) is 11.6 Å². The molecule has 0 aromatic carbocycles. The van der Waals surface area contributed by atoms with Crippen molar-refractivity contribution < 1.29 is 4.74 Å². The SMILES string of the molecule is CCCCOCCCNC(C)c1c(C)nc(C)[nH]c1=O. The Kier molecular flexibility index (Phi) is 7.47. The summed E-state index contributed by atoms with van der Waals surface area (Å²) in [5, 5.41) is 3.35. The van der Waals surface area contributed by atoms with Gasteiger partial charge in [-0.1, -0.05) is 13.3 Å². The van der Waals surface area contributed by atoms with Crippen LogP contribution in [0, 0.1) is 13.8 Å². The second-order valence-corrected chi connectivity index (χ2v) is 5.15. The van der Waals surface area contributed by atoms with Gasteiger partial charge in [0.1, 0.15) is 5.82 Å². The van der Waals surface area contributed by atoms with Crippen molar-refractivity contribution in [3.8, 4) is 0 Å². The predicted molar refractivity (Wildman–Crippen MR) is 81.1 cm³/mol. The largest absolute Gasteiger partial charge is 0.381 e. The molecule has 0 aliphatic heterocycles. The first-order valence-corrected chi connectivity index (χ1v) is 7.44. The van der Waals surface area contributed by atoms with Crippen molar-refractivity contribution in [1.29, 1.82) is 0 Å². The van der Waals surface area contributed by atoms with E-state index in [1.807, 2.05) is 13.8 Å². The van der Waals surface area contributed by atoms with E-state index in [2.05, 4.69) is 22.2 Å². The Morgan fingerprint density at radius 3 is 2.65 bits per heavy atom. The number of hydrogen-bond donors (Lipinski definition) is 2. The Labute approximate surface area is 121 Å². The van der Waals surface area contributed by atoms with Gasteiger partial charge in [0.05, 0.1) is 5.56 Å². The van der Waals surface area contributed by atoms with Crippen molar-refractivity contribution >= 4 is 0 Å². The highest BCUT2D eigenvalue weighted by atomic mass is 16.5. The maximum Gasteiger partial charge on any atom is 0.255 e. The average molecular weight is 281 g/mol. The van der Waals surface area contributed by atoms with E-state index in [1.54, 1.807) is 6.92 Å². The van der Waals surface area contributed by atoms with Gasteiger partial charge in [-0.3, -0.25) is 4.79 Å². The van der Waals surface area contributed by atoms with Crippen LogP contribution in [-0.2, 0) is 4.74 Å². The van der Waals surface area contributed by atoms with Crippen molar-refractivity contribution in [3.63, 3.8) is 0 Å². The van der Waals surface area contributed by atoms with Crippen molar-refractivity contribution in [2.75, 3.05) is 19.8 Å². The van der Waals surface area contributed by atoms with Crippen molar-refractivity contribution in [2.45, 2.75) is 53.0 Å². The highest BCUT2D eigenvalue weighted by Gasteiger charge is 2.13. The number of H-pyrrole nitrogens is 1. The number of aromatic nitrogens is 2. The van der Waals surface area contributed by atoms with Crippen LogP contribution in [0.1, 0.15) is 56.2 Å². The fourth-order valence-corrected chi connectivity index (χ4v) is 2.19. The summed E-state index contributed by atoms with van der Waals surface area (Å²) in [6, 6.07) is 0.00231. The molecule has 0 fully saturated rings. The Morgan fingerprint density at radius 1 is 1.30 bits per heavy atom. The van der Waals surface area contributed by atoms with E-state index < -0.39 is 0 Å². The molecule has 2 N–H and O–H groups in total. The summed E-state index contributed by atoms with van der Waals surface area (Å²) in [7, 11) is 0. The van der Waals surface area contributed by atoms with Crippen LogP contribution in [0.2, 0.25) is 0 Å². The van der Waals surface area contributed by atoms with E-state index in [1.165, 1.54) is 0 Å². The second-order valence-electron chi connectivity index (χ2n) is 5.15. The Bertz CT molecular complexity index is 457. The predicted octanol–water partition coefficient (Wildman–Crippen LogP) is 2.24. The van der Waals surface area contributed by atoms with Crippen LogP contribution >= 0.6 is 0 Å². The molecule has 1 unspecified atom stereocenters. The summed E-state index contributed by atoms with van der Waals surface area (Å²) in [5.41, 5.74) is 1.47. The zero-order valence-corrected chi connectivity index (χ0v) is 13.1. The molecule has 20 heavy (non-hydrogen) atoms. The molecule has 114 valence electrons. The van der Waals surface area contributed by atoms with Crippen LogP contribution < -0.4 is 10.9 Å². The van der Waals surface area contributed by atoms with Gasteiger partial charge in [-0.05, 0) is 40.2 Å². The lowest BCUT2D eigenvalue weighted by molar-refractivity contribution is 0.128. The highest BCUT2D eigenvalue weighted by Crippen LogP contribution is 2.10. The summed E-state index contributed by atoms with van der Waals surface area (Å²) < 4.78 is 5.50. The molecule has 0 aliphatic rings. The molecule has 1 aromatic heterocycles. The van der Waals surface area contributed by atoms with Crippen LogP contribution in [0.3, 0.4) is 0 Å². The van der Waals surface area contributed by atoms with E-state index in [0.717, 1.165) is 50.3 Å². The number of ether oxygens (including phenoxy) is 1. The lowest BCUT2D eigenvalue weighted by Gasteiger charge is -2.15. The number of unbranched alkanes of at least 4 members (excludes halogenated alkanes) is 1. The minimum absolute atomic E-state index is 0.00231. The lowest BCUT2D eigenvalue weighted by Crippen LogP contribution is -2.29. The average Bonchev–Trinajstić information content (AvgIpc) is 2.36. The highest BCUT2D eigenvalue weighted by molar-refractivity contribution is 5.19. The molecular weight excluding hydrogens is 254 g/mol. The summed E-state index contributed by atoms with van der Waals surface area (Å²) in [5.74, 6) is 0.660. The van der Waals surface area contributed by atoms with Gasteiger partial charge >= 0.3 is 0 Å². The number of nitrogens with one attached hydrogen (secondary N) is 2. The van der Waals surface area contributed by atoms with Gasteiger partial charge in [-0.25, -0.2) is 4.98 Å². The molecule has 0 bridgehead atoms. The number of rotatable bonds is 9. The Morgan fingerprint density at radius 2 is 2.00 bits per heavy atom. The monoisotopic (exact) mass is 281 g/mol. The number of nitrogens with zero attached hydrogens (tertiary/aromatic N) is 1. The van der Waals surface area contributed by atoms with E-state index in [0.29, 0.717) is 5.82 Å². The molecule has 1 aromatic rings. The number of aromatic amines is 1. The molecule has 0 saturated heterocycles. The molecular formula is C15H27N3O2. The smallest absolute Gasteiger partial charge is 0.255 e. The third-order valence-electron chi connectivity index (χ3n) is 3.26. The molecule has 0 spiro atoms. The molecule has 0 radical (unpaired) electrons. The van der Waals surface area contributed by atoms with Gasteiger partial charge in [0.25, 0.3) is 5.56 Å². The van der Waals surface area contributed by atoms with Crippen LogP contribution in [0.15, 0.2) is 4.79 Å². The molecule has 5 heteroatoms. The van der Waals surface area contributed by atoms with Gasteiger partial charge in [0, 0.05) is 24.9 Å². The maximum absolute atomic E-state index is 11.9. The van der Waals surface area contributed by atoms with E-state index >= 15 is 0 Å². The molecule has 0 aliphatic carbocycles. The topological polar surface area (TPSA) is 67.0 Å². The summed E-state index contributed by atoms with van der Waals surface area (Å²) >= 11 is 0.